The summed E-state index contributed by atoms with van der Waals surface area (Å²) in [6.07, 6.45) is 0.558. The fourth-order valence-electron chi connectivity index (χ4n) is 3.84. The molecule has 0 fully saturated rings. The van der Waals surface area contributed by atoms with Crippen molar-refractivity contribution in [2.45, 2.75) is 19.9 Å². The molecule has 5 rings (SSSR count). The van der Waals surface area contributed by atoms with Gasteiger partial charge in [-0.1, -0.05) is 48.9 Å². The Kier molecular flexibility index (Phi) is 5.47. The number of carbonyl (C=O) groups is 1. The number of aromatic carboxylic acids is 1. The highest BCUT2D eigenvalue weighted by Crippen LogP contribution is 2.41. The van der Waals surface area contributed by atoms with Crippen molar-refractivity contribution < 1.29 is 14.3 Å². The molecule has 11 heteroatoms. The van der Waals surface area contributed by atoms with Crippen molar-refractivity contribution in [1.82, 2.24) is 30.2 Å². The van der Waals surface area contributed by atoms with E-state index >= 15 is 0 Å². The Morgan fingerprint density at radius 2 is 2.03 bits per heavy atom. The summed E-state index contributed by atoms with van der Waals surface area (Å²) in [5, 5.41) is 24.6. The highest BCUT2D eigenvalue weighted by atomic mass is 79.9. The van der Waals surface area contributed by atoms with Crippen LogP contribution in [0.5, 0.6) is 0 Å². The zero-order valence-electron chi connectivity index (χ0n) is 17.2. The van der Waals surface area contributed by atoms with E-state index < -0.39 is 5.97 Å². The molecule has 166 valence electrons. The summed E-state index contributed by atoms with van der Waals surface area (Å²) in [7, 11) is 0. The SMILES string of the molecule is CCc1nc(Cl)c(C(=O)O)n1Cc1ccc2oc(-c3ccccc3-c3nnn[nH]3)c(Br)c2c1. The van der Waals surface area contributed by atoms with E-state index in [2.05, 4.69) is 41.5 Å². The van der Waals surface area contributed by atoms with E-state index in [1.54, 1.807) is 4.57 Å². The molecule has 3 aromatic heterocycles. The Balaban J connectivity index is 1.59. The summed E-state index contributed by atoms with van der Waals surface area (Å²) in [6.45, 7) is 2.22. The first-order valence-electron chi connectivity index (χ1n) is 10.0. The predicted octanol–water partition coefficient (Wildman–Crippen LogP) is 5.20. The van der Waals surface area contributed by atoms with Gasteiger partial charge < -0.3 is 14.1 Å². The van der Waals surface area contributed by atoms with Crippen LogP contribution in [-0.2, 0) is 13.0 Å². The third-order valence-electron chi connectivity index (χ3n) is 5.33. The van der Waals surface area contributed by atoms with Crippen LogP contribution in [0.3, 0.4) is 0 Å². The zero-order chi connectivity index (χ0) is 23.1. The number of aromatic amines is 1. The molecule has 0 aliphatic carbocycles. The highest BCUT2D eigenvalue weighted by Gasteiger charge is 2.22. The fourth-order valence-corrected chi connectivity index (χ4v) is 4.73. The number of hydrogen-bond acceptors (Lipinski definition) is 6. The van der Waals surface area contributed by atoms with Crippen LogP contribution in [0.25, 0.3) is 33.7 Å². The minimum atomic E-state index is -1.11. The Hall–Kier alpha value is -3.50. The molecule has 0 saturated carbocycles. The summed E-state index contributed by atoms with van der Waals surface area (Å²) in [4.78, 5) is 15.9. The molecule has 0 amide bonds. The van der Waals surface area contributed by atoms with Gasteiger partial charge in [0.05, 0.1) is 4.47 Å². The van der Waals surface area contributed by atoms with Crippen LogP contribution < -0.4 is 0 Å². The lowest BCUT2D eigenvalue weighted by Gasteiger charge is -2.09. The van der Waals surface area contributed by atoms with Crippen molar-refractivity contribution in [2.75, 3.05) is 0 Å². The summed E-state index contributed by atoms with van der Waals surface area (Å²) >= 11 is 9.77. The van der Waals surface area contributed by atoms with Crippen LogP contribution in [0.2, 0.25) is 5.15 Å². The summed E-state index contributed by atoms with van der Waals surface area (Å²) in [5.74, 6) is 0.668. The van der Waals surface area contributed by atoms with Gasteiger partial charge in [-0.3, -0.25) is 0 Å². The molecule has 2 N–H and O–H groups in total. The Morgan fingerprint density at radius 3 is 2.73 bits per heavy atom. The monoisotopic (exact) mass is 526 g/mol. The van der Waals surface area contributed by atoms with Gasteiger partial charge in [0.25, 0.3) is 0 Å². The van der Waals surface area contributed by atoms with Gasteiger partial charge in [0.15, 0.2) is 16.7 Å². The molecule has 0 saturated heterocycles. The Labute approximate surface area is 200 Å². The quantitative estimate of drug-likeness (QED) is 0.311. The number of rotatable bonds is 6. The van der Waals surface area contributed by atoms with Gasteiger partial charge >= 0.3 is 5.97 Å². The van der Waals surface area contributed by atoms with Crippen molar-refractivity contribution in [3.8, 4) is 22.7 Å². The molecular weight excluding hydrogens is 512 g/mol. The number of benzene rings is 2. The lowest BCUT2D eigenvalue weighted by molar-refractivity contribution is 0.0685. The molecule has 0 spiro atoms. The molecule has 0 atom stereocenters. The third kappa shape index (κ3) is 3.70. The van der Waals surface area contributed by atoms with E-state index in [4.69, 9.17) is 16.0 Å². The number of imidazole rings is 1. The minimum Gasteiger partial charge on any atom is -0.476 e. The fraction of sp³-hybridized carbons (Fsp3) is 0.136. The smallest absolute Gasteiger partial charge is 0.355 e. The van der Waals surface area contributed by atoms with Crippen LogP contribution in [0.4, 0.5) is 0 Å². The van der Waals surface area contributed by atoms with E-state index in [9.17, 15) is 9.90 Å². The number of nitrogens with one attached hydrogen (secondary N) is 1. The number of hydrogen-bond donors (Lipinski definition) is 2. The maximum absolute atomic E-state index is 11.7. The molecule has 0 bridgehead atoms. The second-order valence-electron chi connectivity index (χ2n) is 7.28. The standard InChI is InChI=1S/C22H16BrClN6O3/c1-2-16-25-20(24)18(22(31)32)30(16)10-11-7-8-15-14(9-11)17(23)19(33-15)12-5-3-4-6-13(12)21-26-28-29-27-21/h3-9H,2,10H2,1H3,(H,31,32)(H,26,27,28,29). The van der Waals surface area contributed by atoms with E-state index in [0.717, 1.165) is 26.5 Å². The minimum absolute atomic E-state index is 0.00859. The normalized spacial score (nSPS) is 11.4. The van der Waals surface area contributed by atoms with Gasteiger partial charge in [0.2, 0.25) is 0 Å². The van der Waals surface area contributed by atoms with Crippen molar-refractivity contribution >= 4 is 44.5 Å². The van der Waals surface area contributed by atoms with E-state index in [1.807, 2.05) is 49.4 Å². The number of halogens is 2. The first-order chi connectivity index (χ1) is 16.0. The van der Waals surface area contributed by atoms with Gasteiger partial charge in [-0.15, -0.1) is 5.10 Å². The van der Waals surface area contributed by atoms with Gasteiger partial charge in [0, 0.05) is 29.5 Å². The van der Waals surface area contributed by atoms with Crippen LogP contribution in [0, 0.1) is 0 Å². The van der Waals surface area contributed by atoms with E-state index in [-0.39, 0.29) is 10.8 Å². The van der Waals surface area contributed by atoms with Crippen LogP contribution in [0.1, 0.15) is 28.8 Å². The molecule has 0 radical (unpaired) electrons. The predicted molar refractivity (Wildman–Crippen MR) is 125 cm³/mol. The van der Waals surface area contributed by atoms with Crippen molar-refractivity contribution in [3.63, 3.8) is 0 Å². The number of carboxylic acid groups (broad SMARTS) is 1. The first-order valence-corrected chi connectivity index (χ1v) is 11.2. The van der Waals surface area contributed by atoms with Gasteiger partial charge in [-0.05, 0) is 44.1 Å². The maximum atomic E-state index is 11.7. The molecule has 5 aromatic rings. The number of aromatic nitrogens is 6. The van der Waals surface area contributed by atoms with Gasteiger partial charge in [-0.25, -0.2) is 14.9 Å². The topological polar surface area (TPSA) is 123 Å². The number of carboxylic acids is 1. The zero-order valence-corrected chi connectivity index (χ0v) is 19.6. The summed E-state index contributed by atoms with van der Waals surface area (Å²) in [6, 6.07) is 13.4. The lowest BCUT2D eigenvalue weighted by Crippen LogP contribution is -2.12. The van der Waals surface area contributed by atoms with Crippen LogP contribution in [-0.4, -0.2) is 41.3 Å². The third-order valence-corrected chi connectivity index (χ3v) is 6.38. The molecule has 33 heavy (non-hydrogen) atoms. The summed E-state index contributed by atoms with van der Waals surface area (Å²) < 4.78 is 8.58. The number of aryl methyl sites for hydroxylation is 1. The Bertz CT molecular complexity index is 1490. The molecule has 9 nitrogen and oxygen atoms in total. The van der Waals surface area contributed by atoms with E-state index in [0.29, 0.717) is 36.0 Å². The van der Waals surface area contributed by atoms with Crippen LogP contribution >= 0.6 is 27.5 Å². The molecule has 0 aliphatic heterocycles. The molecule has 0 aliphatic rings. The molecular formula is C22H16BrClN6O3. The second-order valence-corrected chi connectivity index (χ2v) is 8.43. The number of fused-ring (bicyclic) bond motifs is 1. The average Bonchev–Trinajstić information content (AvgIpc) is 3.52. The lowest BCUT2D eigenvalue weighted by atomic mass is 10.0. The van der Waals surface area contributed by atoms with Gasteiger partial charge in [-0.2, -0.15) is 0 Å². The molecule has 0 unspecified atom stereocenters. The summed E-state index contributed by atoms with van der Waals surface area (Å²) in [5.41, 5.74) is 3.17. The number of furan rings is 1. The highest BCUT2D eigenvalue weighted by molar-refractivity contribution is 9.10. The maximum Gasteiger partial charge on any atom is 0.355 e. The van der Waals surface area contributed by atoms with Gasteiger partial charge in [0.1, 0.15) is 17.2 Å². The molecule has 3 heterocycles. The van der Waals surface area contributed by atoms with E-state index in [1.165, 1.54) is 0 Å². The number of H-pyrrole nitrogens is 1. The number of tetrazole rings is 1. The average molecular weight is 528 g/mol. The Morgan fingerprint density at radius 1 is 1.24 bits per heavy atom. The van der Waals surface area contributed by atoms with Crippen molar-refractivity contribution in [2.24, 2.45) is 0 Å². The number of nitrogens with zero attached hydrogens (tertiary/aromatic N) is 5. The van der Waals surface area contributed by atoms with Crippen molar-refractivity contribution in [3.05, 3.63) is 69.2 Å². The second kappa shape index (κ2) is 8.45. The first kappa shape index (κ1) is 21.4. The largest absolute Gasteiger partial charge is 0.476 e. The molecule has 2 aromatic carbocycles. The van der Waals surface area contributed by atoms with Crippen LogP contribution in [0.15, 0.2) is 51.4 Å². The van der Waals surface area contributed by atoms with Crippen molar-refractivity contribution in [1.29, 1.82) is 0 Å².